The number of carbonyl (C=O) groups is 2. The molecule has 0 spiro atoms. The monoisotopic (exact) mass is 849 g/mol. The van der Waals surface area contributed by atoms with Crippen LogP contribution in [0.25, 0.3) is 0 Å². The molecule has 3 atom stereocenters. The molecule has 338 valence electrons. The molecule has 2 N–H and O–H groups in total. The molecule has 0 saturated carbocycles. The number of rotatable bonds is 39. The first-order chi connectivity index (χ1) is 28.4. The van der Waals surface area contributed by atoms with Gasteiger partial charge in [-0.1, -0.05) is 144 Å². The topological polar surface area (TPSA) is 129 Å². The maximum Gasteiger partial charge on any atom is 0.472 e. The molecule has 0 heterocycles. The summed E-state index contributed by atoms with van der Waals surface area (Å²) in [4.78, 5) is 35.4. The van der Waals surface area contributed by atoms with Crippen LogP contribution in [0.1, 0.15) is 149 Å². The lowest BCUT2D eigenvalue weighted by atomic mass is 10.1. The van der Waals surface area contributed by atoms with Crippen molar-refractivity contribution in [3.8, 4) is 0 Å². The Balaban J connectivity index is 4.65. The summed E-state index contributed by atoms with van der Waals surface area (Å²) < 4.78 is 34.1. The summed E-state index contributed by atoms with van der Waals surface area (Å²) >= 11 is 0. The number of phosphoric acid groups is 1. The molecule has 59 heavy (non-hydrogen) atoms. The lowest BCUT2D eigenvalue weighted by Gasteiger charge is -2.24. The van der Waals surface area contributed by atoms with E-state index in [9.17, 15) is 24.2 Å². The van der Waals surface area contributed by atoms with E-state index in [1.165, 1.54) is 57.8 Å². The Morgan fingerprint density at radius 2 is 1.12 bits per heavy atom. The highest BCUT2D eigenvalue weighted by atomic mass is 31.2. The normalized spacial score (nSPS) is 14.9. The Hall–Kier alpha value is -2.85. The number of likely N-dealkylation sites (N-methyl/N-ethyl adjacent to an activating group) is 1. The van der Waals surface area contributed by atoms with Crippen LogP contribution in [0.15, 0.2) is 85.1 Å². The highest BCUT2D eigenvalue weighted by molar-refractivity contribution is 7.47. The van der Waals surface area contributed by atoms with E-state index >= 15 is 0 Å². The molecule has 0 aliphatic carbocycles. The van der Waals surface area contributed by atoms with Gasteiger partial charge in [0.05, 0.1) is 33.9 Å². The quantitative estimate of drug-likeness (QED) is 0.0155. The fourth-order valence-corrected chi connectivity index (χ4v) is 6.17. The molecule has 11 heteroatoms. The third-order valence-electron chi connectivity index (χ3n) is 9.00. The van der Waals surface area contributed by atoms with Gasteiger partial charge in [0.25, 0.3) is 0 Å². The van der Waals surface area contributed by atoms with Gasteiger partial charge < -0.3 is 24.0 Å². The number of hydrogen-bond acceptors (Lipinski definition) is 8. The SMILES string of the molecule is CCCCC/C=C\C/C=C\C/C=C\C/C=C\CCCC(=O)OC[C@H](COP(=O)(O)OCC[N+](C)(C)C)OC(=O)CCCC(O)/C=C/C=C/C/C=C/CCCCCCCC. The van der Waals surface area contributed by atoms with Crippen molar-refractivity contribution in [1.29, 1.82) is 0 Å². The maximum atomic E-state index is 12.7. The molecule has 0 aliphatic rings. The average Bonchev–Trinajstić information content (AvgIpc) is 3.18. The Labute approximate surface area is 359 Å². The average molecular weight is 849 g/mol. The van der Waals surface area contributed by atoms with Gasteiger partial charge >= 0.3 is 19.8 Å². The number of phosphoric ester groups is 1. The molecule has 0 aromatic rings. The Bertz CT molecular complexity index is 1300. The number of allylic oxidation sites excluding steroid dienone is 13. The van der Waals surface area contributed by atoms with Gasteiger partial charge in [-0.05, 0) is 77.0 Å². The third-order valence-corrected chi connectivity index (χ3v) is 9.99. The van der Waals surface area contributed by atoms with Crippen LogP contribution in [-0.2, 0) is 32.7 Å². The lowest BCUT2D eigenvalue weighted by molar-refractivity contribution is -0.870. The van der Waals surface area contributed by atoms with Crippen LogP contribution >= 0.6 is 7.82 Å². The van der Waals surface area contributed by atoms with Crippen LogP contribution in [0, 0.1) is 0 Å². The van der Waals surface area contributed by atoms with Gasteiger partial charge in [-0.25, -0.2) is 4.57 Å². The van der Waals surface area contributed by atoms with E-state index in [2.05, 4.69) is 68.5 Å². The number of esters is 2. The number of quaternary nitrogens is 1. The fourth-order valence-electron chi connectivity index (χ4n) is 5.43. The summed E-state index contributed by atoms with van der Waals surface area (Å²) in [5.74, 6) is -1.07. The molecule has 0 amide bonds. The zero-order valence-electron chi connectivity index (χ0n) is 37.6. The molecule has 0 saturated heterocycles. The number of carbonyl (C=O) groups excluding carboxylic acids is 2. The molecule has 2 unspecified atom stereocenters. The Kier molecular flexibility index (Phi) is 37.4. The molecule has 0 radical (unpaired) electrons. The number of unbranched alkanes of at least 4 members (excludes halogenated alkanes) is 10. The highest BCUT2D eigenvalue weighted by Crippen LogP contribution is 2.43. The summed E-state index contributed by atoms with van der Waals surface area (Å²) in [6, 6.07) is 0. The minimum Gasteiger partial charge on any atom is -0.462 e. The highest BCUT2D eigenvalue weighted by Gasteiger charge is 2.27. The van der Waals surface area contributed by atoms with Crippen LogP contribution in [-0.4, -0.2) is 86.1 Å². The second-order valence-electron chi connectivity index (χ2n) is 15.9. The number of nitrogens with zero attached hydrogens (tertiary/aromatic N) is 1. The van der Waals surface area contributed by atoms with Crippen LogP contribution in [0.2, 0.25) is 0 Å². The van der Waals surface area contributed by atoms with E-state index in [0.717, 1.165) is 38.5 Å². The van der Waals surface area contributed by atoms with Crippen molar-refractivity contribution in [3.05, 3.63) is 85.1 Å². The van der Waals surface area contributed by atoms with E-state index < -0.39 is 38.6 Å². The first kappa shape index (κ1) is 56.1. The van der Waals surface area contributed by atoms with Gasteiger partial charge in [0.15, 0.2) is 6.10 Å². The summed E-state index contributed by atoms with van der Waals surface area (Å²) in [7, 11) is 1.32. The van der Waals surface area contributed by atoms with Gasteiger partial charge in [0.2, 0.25) is 0 Å². The minimum atomic E-state index is -4.45. The third kappa shape index (κ3) is 43.1. The van der Waals surface area contributed by atoms with Crippen molar-refractivity contribution in [2.24, 2.45) is 0 Å². The van der Waals surface area contributed by atoms with Crippen molar-refractivity contribution in [1.82, 2.24) is 0 Å². The summed E-state index contributed by atoms with van der Waals surface area (Å²) in [6.45, 7) is 4.08. The standard InChI is InChI=1S/C48H82NO9P/c1-6-8-10-12-14-16-18-20-21-22-23-25-27-29-31-33-35-39-47(51)55-43-46(44-57-59(53,54)56-42-41-49(3,4)5)58-48(52)40-36-38-45(50)37-34-32-30-28-26-24-19-17-15-13-11-9-7-2/h14,16,20-21,23-26,29-32,34,37,45-46,50H,6-13,15,17-19,22,27-28,33,35-36,38-44H2,1-5H3/p+1/b16-14-,21-20-,25-23-,26-24+,31-29-,32-30+,37-34+/t45?,46-/m1/s1. The van der Waals surface area contributed by atoms with Crippen LogP contribution in [0.4, 0.5) is 0 Å². The fraction of sp³-hybridized carbons (Fsp3) is 0.667. The van der Waals surface area contributed by atoms with Gasteiger partial charge in [-0.2, -0.15) is 0 Å². The second-order valence-corrected chi connectivity index (χ2v) is 17.4. The Morgan fingerprint density at radius 3 is 1.73 bits per heavy atom. The van der Waals surface area contributed by atoms with Crippen molar-refractivity contribution < 1.29 is 47.2 Å². The molecule has 0 aromatic carbocycles. The van der Waals surface area contributed by atoms with Crippen molar-refractivity contribution in [2.45, 2.75) is 161 Å². The number of ether oxygens (including phenoxy) is 2. The van der Waals surface area contributed by atoms with E-state index in [1.54, 1.807) is 12.2 Å². The number of hydrogen-bond donors (Lipinski definition) is 2. The van der Waals surface area contributed by atoms with Crippen molar-refractivity contribution in [3.63, 3.8) is 0 Å². The summed E-state index contributed by atoms with van der Waals surface area (Å²) in [5.41, 5.74) is 0. The molecule has 0 rings (SSSR count). The molecule has 0 fully saturated rings. The van der Waals surface area contributed by atoms with Crippen LogP contribution in [0.5, 0.6) is 0 Å². The van der Waals surface area contributed by atoms with Crippen LogP contribution < -0.4 is 0 Å². The van der Waals surface area contributed by atoms with Gasteiger partial charge in [0, 0.05) is 12.8 Å². The van der Waals surface area contributed by atoms with E-state index in [0.29, 0.717) is 36.7 Å². The molecular formula is C48H83NO9P+. The summed E-state index contributed by atoms with van der Waals surface area (Å²) in [5, 5.41) is 10.3. The lowest BCUT2D eigenvalue weighted by Crippen LogP contribution is -2.37. The van der Waals surface area contributed by atoms with E-state index in [4.69, 9.17) is 18.5 Å². The van der Waals surface area contributed by atoms with E-state index in [1.807, 2.05) is 39.4 Å². The van der Waals surface area contributed by atoms with Gasteiger partial charge in [0.1, 0.15) is 19.8 Å². The predicted molar refractivity (Wildman–Crippen MR) is 244 cm³/mol. The second kappa shape index (κ2) is 39.3. The summed E-state index contributed by atoms with van der Waals surface area (Å²) in [6.07, 6.45) is 46.7. The van der Waals surface area contributed by atoms with Crippen LogP contribution in [0.3, 0.4) is 0 Å². The number of aliphatic hydroxyl groups excluding tert-OH is 1. The van der Waals surface area contributed by atoms with E-state index in [-0.39, 0.29) is 26.1 Å². The zero-order valence-corrected chi connectivity index (χ0v) is 38.5. The zero-order chi connectivity index (χ0) is 43.7. The van der Waals surface area contributed by atoms with Crippen molar-refractivity contribution >= 4 is 19.8 Å². The Morgan fingerprint density at radius 1 is 0.610 bits per heavy atom. The maximum absolute atomic E-state index is 12.7. The molecule has 10 nitrogen and oxygen atoms in total. The first-order valence-electron chi connectivity index (χ1n) is 22.4. The van der Waals surface area contributed by atoms with Crippen molar-refractivity contribution in [2.75, 3.05) is 47.5 Å². The molecule has 0 bridgehead atoms. The smallest absolute Gasteiger partial charge is 0.462 e. The largest absolute Gasteiger partial charge is 0.472 e. The number of aliphatic hydroxyl groups is 1. The van der Waals surface area contributed by atoms with Gasteiger partial charge in [-0.3, -0.25) is 18.6 Å². The molecule has 0 aliphatic heterocycles. The molecular weight excluding hydrogens is 765 g/mol. The molecule has 0 aromatic heterocycles. The predicted octanol–water partition coefficient (Wildman–Crippen LogP) is 11.8. The minimum absolute atomic E-state index is 0.000442. The van der Waals surface area contributed by atoms with Gasteiger partial charge in [-0.15, -0.1) is 0 Å². The first-order valence-corrected chi connectivity index (χ1v) is 23.9.